The van der Waals surface area contributed by atoms with E-state index in [9.17, 15) is 9.18 Å². The maximum atomic E-state index is 12.1. The number of hydrogen-bond donors (Lipinski definition) is 1. The minimum atomic E-state index is -0.201. The van der Waals surface area contributed by atoms with Crippen molar-refractivity contribution in [2.75, 3.05) is 20.0 Å². The molecule has 0 amide bonds. The number of ether oxygens (including phenoxy) is 2. The zero-order chi connectivity index (χ0) is 22.0. The van der Waals surface area contributed by atoms with Gasteiger partial charge in [-0.25, -0.2) is 4.39 Å². The van der Waals surface area contributed by atoms with Crippen LogP contribution < -0.4 is 14.8 Å². The Balaban J connectivity index is 0.000000335. The minimum Gasteiger partial charge on any atom is -0.497 e. The second-order valence-corrected chi connectivity index (χ2v) is 9.59. The monoisotopic (exact) mass is 497 g/mol. The van der Waals surface area contributed by atoms with Crippen LogP contribution in [0, 0.1) is 5.82 Å². The summed E-state index contributed by atoms with van der Waals surface area (Å²) in [6.07, 6.45) is 4.37. The van der Waals surface area contributed by atoms with Crippen LogP contribution in [0.4, 0.5) is 4.39 Å². The molecule has 1 N–H and O–H groups in total. The van der Waals surface area contributed by atoms with Crippen LogP contribution in [0.5, 0.6) is 11.5 Å². The van der Waals surface area contributed by atoms with Crippen molar-refractivity contribution in [3.63, 3.8) is 0 Å². The fraction of sp³-hybridized carbons (Fsp3) is 0.435. The van der Waals surface area contributed by atoms with Crippen molar-refractivity contribution in [1.82, 2.24) is 5.32 Å². The lowest BCUT2D eigenvalue weighted by Gasteiger charge is -2.36. The van der Waals surface area contributed by atoms with Gasteiger partial charge in [-0.1, -0.05) is 22.0 Å². The summed E-state index contributed by atoms with van der Waals surface area (Å²) in [4.78, 5) is 11.2. The van der Waals surface area contributed by atoms with E-state index in [0.717, 1.165) is 53.0 Å². The van der Waals surface area contributed by atoms with Crippen LogP contribution >= 0.6 is 27.7 Å². The van der Waals surface area contributed by atoms with Crippen LogP contribution in [0.3, 0.4) is 0 Å². The van der Waals surface area contributed by atoms with Crippen LogP contribution in [-0.4, -0.2) is 37.0 Å². The zero-order valence-electron chi connectivity index (χ0n) is 17.6. The summed E-state index contributed by atoms with van der Waals surface area (Å²) in [6.45, 7) is 2.89. The minimum absolute atomic E-state index is 0.103. The largest absolute Gasteiger partial charge is 0.497 e. The van der Waals surface area contributed by atoms with Crippen molar-refractivity contribution in [2.24, 2.45) is 0 Å². The summed E-state index contributed by atoms with van der Waals surface area (Å²) in [5.41, 5.74) is 1.11. The molecule has 7 heteroatoms. The number of nitrogens with one attached hydrogen (secondary N) is 1. The van der Waals surface area contributed by atoms with Gasteiger partial charge in [0.15, 0.2) is 0 Å². The molecule has 30 heavy (non-hydrogen) atoms. The molecule has 1 aliphatic carbocycles. The van der Waals surface area contributed by atoms with E-state index in [4.69, 9.17) is 9.47 Å². The van der Waals surface area contributed by atoms with Crippen molar-refractivity contribution in [2.45, 2.75) is 43.5 Å². The standard InChI is InChI=1S/C17H25NO3S.C6H4BrF/c1-13(11-22-17(12-19)7-4-8-17)18-10-14-5-6-15(20-2)9-16(14)21-3;7-5-1-3-6(8)4-2-5/h5-6,9,12-13,18H,4,7-8,10-11H2,1-3H3;1-4H. The first-order valence-electron chi connectivity index (χ1n) is 9.87. The second kappa shape index (κ2) is 12.3. The topological polar surface area (TPSA) is 47.6 Å². The van der Waals surface area contributed by atoms with Gasteiger partial charge in [0.1, 0.15) is 23.6 Å². The molecule has 0 radical (unpaired) electrons. The summed E-state index contributed by atoms with van der Waals surface area (Å²) in [5.74, 6) is 2.36. The molecule has 0 spiro atoms. The molecule has 1 atom stereocenters. The van der Waals surface area contributed by atoms with Crippen LogP contribution in [0.15, 0.2) is 46.9 Å². The predicted molar refractivity (Wildman–Crippen MR) is 125 cm³/mol. The SMILES string of the molecule is COc1ccc(CNC(C)CSC2(C=O)CCC2)c(OC)c1.Fc1ccc(Br)cc1. The van der Waals surface area contributed by atoms with Crippen LogP contribution in [-0.2, 0) is 11.3 Å². The van der Waals surface area contributed by atoms with E-state index < -0.39 is 0 Å². The highest BCUT2D eigenvalue weighted by atomic mass is 79.9. The molecule has 0 heterocycles. The normalized spacial score (nSPS) is 15.2. The molecule has 1 unspecified atom stereocenters. The van der Waals surface area contributed by atoms with Gasteiger partial charge in [0.2, 0.25) is 0 Å². The summed E-state index contributed by atoms with van der Waals surface area (Å²) in [7, 11) is 3.32. The van der Waals surface area contributed by atoms with Crippen molar-refractivity contribution in [3.05, 3.63) is 58.3 Å². The molecule has 4 nitrogen and oxygen atoms in total. The molecule has 3 rings (SSSR count). The molecule has 2 aromatic rings. The van der Waals surface area contributed by atoms with Gasteiger partial charge in [-0.2, -0.15) is 0 Å². The van der Waals surface area contributed by atoms with Gasteiger partial charge in [-0.15, -0.1) is 11.8 Å². The van der Waals surface area contributed by atoms with E-state index >= 15 is 0 Å². The number of hydrogen-bond acceptors (Lipinski definition) is 5. The third-order valence-corrected chi connectivity index (χ3v) is 7.25. The number of benzene rings is 2. The Labute approximate surface area is 191 Å². The van der Waals surface area contributed by atoms with Gasteiger partial charge < -0.3 is 19.6 Å². The number of rotatable bonds is 9. The van der Waals surface area contributed by atoms with Gasteiger partial charge in [-0.05, 0) is 56.5 Å². The van der Waals surface area contributed by atoms with Crippen LogP contribution in [0.2, 0.25) is 0 Å². The molecule has 2 aromatic carbocycles. The highest BCUT2D eigenvalue weighted by molar-refractivity contribution is 9.10. The molecule has 0 saturated heterocycles. The fourth-order valence-electron chi connectivity index (χ4n) is 2.88. The fourth-order valence-corrected chi connectivity index (χ4v) is 4.49. The van der Waals surface area contributed by atoms with E-state index in [2.05, 4.69) is 28.2 Å². The average Bonchev–Trinajstić information content (AvgIpc) is 2.74. The van der Waals surface area contributed by atoms with E-state index in [0.29, 0.717) is 6.04 Å². The average molecular weight is 498 g/mol. The molecule has 1 fully saturated rings. The molecule has 0 aliphatic heterocycles. The molecule has 164 valence electrons. The summed E-state index contributed by atoms with van der Waals surface area (Å²) < 4.78 is 23.5. The number of carbonyl (C=O) groups excluding carboxylic acids is 1. The van der Waals surface area contributed by atoms with E-state index in [1.54, 1.807) is 38.1 Å². The summed E-state index contributed by atoms with van der Waals surface area (Å²) in [6, 6.07) is 12.3. The highest BCUT2D eigenvalue weighted by Gasteiger charge is 2.37. The molecule has 1 saturated carbocycles. The molecule has 0 aromatic heterocycles. The van der Waals surface area contributed by atoms with Gasteiger partial charge in [0.25, 0.3) is 0 Å². The van der Waals surface area contributed by atoms with E-state index in [1.807, 2.05) is 18.2 Å². The predicted octanol–water partition coefficient (Wildman–Crippen LogP) is 5.62. The highest BCUT2D eigenvalue weighted by Crippen LogP contribution is 2.42. The van der Waals surface area contributed by atoms with Crippen LogP contribution in [0.1, 0.15) is 31.7 Å². The van der Waals surface area contributed by atoms with Crippen molar-refractivity contribution >= 4 is 34.0 Å². The van der Waals surface area contributed by atoms with Gasteiger partial charge in [0.05, 0.1) is 19.0 Å². The molecular weight excluding hydrogens is 469 g/mol. The Kier molecular flexibility index (Phi) is 10.1. The maximum Gasteiger partial charge on any atom is 0.136 e. The molecule has 0 bridgehead atoms. The third kappa shape index (κ3) is 7.60. The number of methoxy groups -OCH3 is 2. The van der Waals surface area contributed by atoms with Crippen LogP contribution in [0.25, 0.3) is 0 Å². The molecule has 1 aliphatic rings. The first kappa shape index (κ1) is 24.7. The van der Waals surface area contributed by atoms with Crippen molar-refractivity contribution in [1.29, 1.82) is 0 Å². The first-order valence-corrected chi connectivity index (χ1v) is 11.6. The lowest BCUT2D eigenvalue weighted by atomic mass is 9.86. The number of halogens is 2. The smallest absolute Gasteiger partial charge is 0.136 e. The Hall–Kier alpha value is -1.57. The quantitative estimate of drug-likeness (QED) is 0.455. The lowest BCUT2D eigenvalue weighted by Crippen LogP contribution is -2.38. The Morgan fingerprint density at radius 3 is 2.40 bits per heavy atom. The molecular formula is C23H29BrFNO3S. The van der Waals surface area contributed by atoms with Gasteiger partial charge in [0, 0.05) is 34.4 Å². The van der Waals surface area contributed by atoms with Gasteiger partial charge in [-0.3, -0.25) is 0 Å². The number of aldehydes is 1. The second-order valence-electron chi connectivity index (χ2n) is 7.24. The Bertz CT molecular complexity index is 779. The van der Waals surface area contributed by atoms with Crippen molar-refractivity contribution in [3.8, 4) is 11.5 Å². The Morgan fingerprint density at radius 2 is 1.90 bits per heavy atom. The zero-order valence-corrected chi connectivity index (χ0v) is 20.0. The lowest BCUT2D eigenvalue weighted by molar-refractivity contribution is -0.111. The first-order chi connectivity index (χ1) is 14.4. The number of thioether (sulfide) groups is 1. The van der Waals surface area contributed by atoms with Crippen molar-refractivity contribution < 1.29 is 18.7 Å². The Morgan fingerprint density at radius 1 is 1.20 bits per heavy atom. The van der Waals surface area contributed by atoms with Gasteiger partial charge >= 0.3 is 0 Å². The van der Waals surface area contributed by atoms with E-state index in [-0.39, 0.29) is 10.6 Å². The maximum absolute atomic E-state index is 12.1. The third-order valence-electron chi connectivity index (χ3n) is 4.97. The van der Waals surface area contributed by atoms with E-state index in [1.165, 1.54) is 18.6 Å². The summed E-state index contributed by atoms with van der Waals surface area (Å²) in [5, 5.41) is 3.50. The summed E-state index contributed by atoms with van der Waals surface area (Å²) >= 11 is 4.97. The number of carbonyl (C=O) groups is 1.